The van der Waals surface area contributed by atoms with Crippen molar-refractivity contribution in [3.05, 3.63) is 23.8 Å². The zero-order chi connectivity index (χ0) is 15.2. The highest BCUT2D eigenvalue weighted by atomic mass is 16.5. The molecular formula is C16H24N2O3. The minimum Gasteiger partial charge on any atom is -0.504 e. The monoisotopic (exact) mass is 292 g/mol. The third-order valence-corrected chi connectivity index (χ3v) is 3.98. The van der Waals surface area contributed by atoms with Crippen LogP contribution in [-0.4, -0.2) is 42.7 Å². The zero-order valence-corrected chi connectivity index (χ0v) is 12.8. The summed E-state index contributed by atoms with van der Waals surface area (Å²) < 4.78 is 5.41. The molecule has 1 saturated heterocycles. The molecule has 0 aliphatic carbocycles. The first-order valence-corrected chi connectivity index (χ1v) is 7.53. The van der Waals surface area contributed by atoms with Crippen molar-refractivity contribution in [1.29, 1.82) is 0 Å². The predicted molar refractivity (Wildman–Crippen MR) is 81.3 cm³/mol. The first kappa shape index (κ1) is 15.6. The number of aromatic hydroxyl groups is 1. The molecule has 0 spiro atoms. The van der Waals surface area contributed by atoms with Crippen LogP contribution in [-0.2, 0) is 11.3 Å². The summed E-state index contributed by atoms with van der Waals surface area (Å²) in [6, 6.07) is 5.60. The van der Waals surface area contributed by atoms with Gasteiger partial charge in [0.15, 0.2) is 11.5 Å². The van der Waals surface area contributed by atoms with Gasteiger partial charge in [-0.2, -0.15) is 0 Å². The molecule has 1 amide bonds. The Morgan fingerprint density at radius 1 is 1.43 bits per heavy atom. The number of carbonyl (C=O) groups excluding carboxylic acids is 1. The quantitative estimate of drug-likeness (QED) is 0.868. The fraction of sp³-hybridized carbons (Fsp3) is 0.562. The van der Waals surface area contributed by atoms with E-state index in [2.05, 4.69) is 10.2 Å². The van der Waals surface area contributed by atoms with Crippen LogP contribution in [0.25, 0.3) is 0 Å². The fourth-order valence-electron chi connectivity index (χ4n) is 2.77. The van der Waals surface area contributed by atoms with Crippen molar-refractivity contribution >= 4 is 5.91 Å². The molecule has 1 heterocycles. The van der Waals surface area contributed by atoms with Gasteiger partial charge in [-0.3, -0.25) is 9.69 Å². The number of phenolic OH excluding ortho intramolecular Hbond substituents is 1. The predicted octanol–water partition coefficient (Wildman–Crippen LogP) is 1.75. The van der Waals surface area contributed by atoms with Crippen molar-refractivity contribution in [3.8, 4) is 11.5 Å². The number of likely N-dealkylation sites (tertiary alicyclic amines) is 1. The molecule has 1 aliphatic rings. The summed E-state index contributed by atoms with van der Waals surface area (Å²) in [7, 11) is 1.69. The Morgan fingerprint density at radius 2 is 2.14 bits per heavy atom. The number of rotatable bonds is 5. The Kier molecular flexibility index (Phi) is 5.44. The van der Waals surface area contributed by atoms with Gasteiger partial charge in [0.05, 0.1) is 6.61 Å². The molecule has 0 bridgehead atoms. The van der Waals surface area contributed by atoms with Crippen LogP contribution in [0.4, 0.5) is 0 Å². The standard InChI is InChI=1S/C16H24N2O3/c1-3-21-14-6-4-5-13(15(14)19)11-18-9-7-12(8-10-18)16(20)17-2/h4-6,12,19H,3,7-11H2,1-2H3,(H,17,20). The second-order valence-corrected chi connectivity index (χ2v) is 5.36. The van der Waals surface area contributed by atoms with Gasteiger partial charge in [0, 0.05) is 25.1 Å². The van der Waals surface area contributed by atoms with Crippen LogP contribution in [0.1, 0.15) is 25.3 Å². The summed E-state index contributed by atoms with van der Waals surface area (Å²) in [5.74, 6) is 1.02. The lowest BCUT2D eigenvalue weighted by molar-refractivity contribution is -0.125. The summed E-state index contributed by atoms with van der Waals surface area (Å²) in [4.78, 5) is 13.9. The van der Waals surface area contributed by atoms with E-state index in [1.54, 1.807) is 13.1 Å². The highest BCUT2D eigenvalue weighted by Crippen LogP contribution is 2.31. The molecule has 0 atom stereocenters. The third-order valence-electron chi connectivity index (χ3n) is 3.98. The van der Waals surface area contributed by atoms with Gasteiger partial charge in [-0.1, -0.05) is 12.1 Å². The van der Waals surface area contributed by atoms with E-state index in [9.17, 15) is 9.90 Å². The minimum atomic E-state index is 0.120. The first-order valence-electron chi connectivity index (χ1n) is 7.53. The van der Waals surface area contributed by atoms with Gasteiger partial charge >= 0.3 is 0 Å². The smallest absolute Gasteiger partial charge is 0.222 e. The average Bonchev–Trinajstić information content (AvgIpc) is 2.51. The van der Waals surface area contributed by atoms with Crippen LogP contribution in [0, 0.1) is 5.92 Å². The number of carbonyl (C=O) groups is 1. The first-order chi connectivity index (χ1) is 10.2. The highest BCUT2D eigenvalue weighted by Gasteiger charge is 2.24. The number of para-hydroxylation sites is 1. The van der Waals surface area contributed by atoms with Crippen LogP contribution in [0.15, 0.2) is 18.2 Å². The summed E-state index contributed by atoms with van der Waals surface area (Å²) in [5.41, 5.74) is 0.874. The molecule has 2 N–H and O–H groups in total. The van der Waals surface area contributed by atoms with Crippen LogP contribution in [0.2, 0.25) is 0 Å². The van der Waals surface area contributed by atoms with E-state index in [1.165, 1.54) is 0 Å². The third kappa shape index (κ3) is 3.88. The second kappa shape index (κ2) is 7.31. The molecule has 1 aliphatic heterocycles. The summed E-state index contributed by atoms with van der Waals surface area (Å²) in [6.07, 6.45) is 1.73. The van der Waals surface area contributed by atoms with Crippen molar-refractivity contribution in [3.63, 3.8) is 0 Å². The van der Waals surface area contributed by atoms with Gasteiger partial charge in [-0.05, 0) is 38.9 Å². The van der Waals surface area contributed by atoms with Crippen molar-refractivity contribution in [2.24, 2.45) is 5.92 Å². The zero-order valence-electron chi connectivity index (χ0n) is 12.8. The molecule has 2 rings (SSSR count). The number of hydrogen-bond donors (Lipinski definition) is 2. The lowest BCUT2D eigenvalue weighted by Crippen LogP contribution is -2.39. The van der Waals surface area contributed by atoms with Crippen molar-refractivity contribution < 1.29 is 14.6 Å². The van der Waals surface area contributed by atoms with Gasteiger partial charge in [-0.25, -0.2) is 0 Å². The molecule has 0 radical (unpaired) electrons. The Bertz CT molecular complexity index is 482. The molecule has 0 unspecified atom stereocenters. The molecule has 1 fully saturated rings. The number of nitrogens with one attached hydrogen (secondary N) is 1. The second-order valence-electron chi connectivity index (χ2n) is 5.36. The van der Waals surface area contributed by atoms with Gasteiger partial charge in [0.2, 0.25) is 5.91 Å². The number of nitrogens with zero attached hydrogens (tertiary/aromatic N) is 1. The Morgan fingerprint density at radius 3 is 2.76 bits per heavy atom. The number of amides is 1. The number of phenols is 1. The molecule has 5 heteroatoms. The number of hydrogen-bond acceptors (Lipinski definition) is 4. The van der Waals surface area contributed by atoms with Crippen LogP contribution in [0.5, 0.6) is 11.5 Å². The van der Waals surface area contributed by atoms with Crippen LogP contribution >= 0.6 is 0 Å². The molecule has 21 heavy (non-hydrogen) atoms. The van der Waals surface area contributed by atoms with Gasteiger partial charge in [-0.15, -0.1) is 0 Å². The van der Waals surface area contributed by atoms with E-state index in [0.29, 0.717) is 18.9 Å². The topological polar surface area (TPSA) is 61.8 Å². The maximum atomic E-state index is 11.6. The van der Waals surface area contributed by atoms with Crippen molar-refractivity contribution in [2.45, 2.75) is 26.3 Å². The molecule has 0 saturated carbocycles. The number of piperidine rings is 1. The Labute approximate surface area is 125 Å². The molecule has 1 aromatic rings. The molecule has 5 nitrogen and oxygen atoms in total. The van der Waals surface area contributed by atoms with E-state index < -0.39 is 0 Å². The molecule has 0 aromatic heterocycles. The lowest BCUT2D eigenvalue weighted by Gasteiger charge is -2.31. The Balaban J connectivity index is 1.94. The lowest BCUT2D eigenvalue weighted by atomic mass is 9.95. The summed E-state index contributed by atoms with van der Waals surface area (Å²) in [6.45, 7) is 4.87. The van der Waals surface area contributed by atoms with Crippen LogP contribution in [0.3, 0.4) is 0 Å². The van der Waals surface area contributed by atoms with E-state index >= 15 is 0 Å². The van der Waals surface area contributed by atoms with Gasteiger partial charge in [0.1, 0.15) is 0 Å². The number of benzene rings is 1. The SMILES string of the molecule is CCOc1cccc(CN2CCC(C(=O)NC)CC2)c1O. The van der Waals surface area contributed by atoms with E-state index in [1.807, 2.05) is 19.1 Å². The van der Waals surface area contributed by atoms with Gasteiger partial charge in [0.25, 0.3) is 0 Å². The maximum Gasteiger partial charge on any atom is 0.222 e. The molecular weight excluding hydrogens is 268 g/mol. The van der Waals surface area contributed by atoms with E-state index in [-0.39, 0.29) is 17.6 Å². The fourth-order valence-corrected chi connectivity index (χ4v) is 2.77. The van der Waals surface area contributed by atoms with Crippen molar-refractivity contribution in [1.82, 2.24) is 10.2 Å². The number of ether oxygens (including phenoxy) is 1. The normalized spacial score (nSPS) is 16.7. The summed E-state index contributed by atoms with van der Waals surface area (Å²) >= 11 is 0. The van der Waals surface area contributed by atoms with Crippen molar-refractivity contribution in [2.75, 3.05) is 26.7 Å². The maximum absolute atomic E-state index is 11.6. The molecule has 1 aromatic carbocycles. The molecule has 116 valence electrons. The highest BCUT2D eigenvalue weighted by molar-refractivity contribution is 5.78. The summed E-state index contributed by atoms with van der Waals surface area (Å²) in [5, 5.41) is 12.9. The Hall–Kier alpha value is -1.75. The average molecular weight is 292 g/mol. The minimum absolute atomic E-state index is 0.120. The van der Waals surface area contributed by atoms with Crippen LogP contribution < -0.4 is 10.1 Å². The van der Waals surface area contributed by atoms with E-state index in [0.717, 1.165) is 31.5 Å². The van der Waals surface area contributed by atoms with Gasteiger partial charge < -0.3 is 15.2 Å². The van der Waals surface area contributed by atoms with E-state index in [4.69, 9.17) is 4.74 Å². The largest absolute Gasteiger partial charge is 0.504 e.